The molecule has 0 bridgehead atoms. The highest BCUT2D eigenvalue weighted by atomic mass is 16.5. The van der Waals surface area contributed by atoms with Crippen LogP contribution >= 0.6 is 0 Å². The molecule has 112 valence electrons. The number of hydrogen-bond donors (Lipinski definition) is 0. The molecule has 0 aliphatic rings. The predicted octanol–water partition coefficient (Wildman–Crippen LogP) is 3.43. The van der Waals surface area contributed by atoms with Gasteiger partial charge in [-0.25, -0.2) is 4.79 Å². The summed E-state index contributed by atoms with van der Waals surface area (Å²) in [6.45, 7) is 1.21. The van der Waals surface area contributed by atoms with Gasteiger partial charge in [0.2, 0.25) is 0 Å². The van der Waals surface area contributed by atoms with E-state index in [-0.39, 0.29) is 5.97 Å². The molecule has 0 fully saturated rings. The zero-order chi connectivity index (χ0) is 15.6. The Balaban J connectivity index is 1.73. The van der Waals surface area contributed by atoms with Crippen LogP contribution in [0.4, 0.5) is 0 Å². The van der Waals surface area contributed by atoms with Crippen molar-refractivity contribution >= 4 is 5.97 Å². The lowest BCUT2D eigenvalue weighted by molar-refractivity contribution is 0.0600. The lowest BCUT2D eigenvalue weighted by Crippen LogP contribution is -2.00. The van der Waals surface area contributed by atoms with Crippen molar-refractivity contribution in [2.45, 2.75) is 13.0 Å². The van der Waals surface area contributed by atoms with Crippen LogP contribution in [0, 0.1) is 11.8 Å². The second kappa shape index (κ2) is 8.66. The first kappa shape index (κ1) is 15.8. The standard InChI is InChI=1S/C19H18O3/c1-21-19(20)18-12-10-16(11-13-18)7-5-6-14-22-15-17-8-3-2-4-9-17/h2-4,8-13H,6,14-15H2,1H3. The van der Waals surface area contributed by atoms with Gasteiger partial charge in [-0.05, 0) is 29.8 Å². The average molecular weight is 294 g/mol. The molecule has 0 atom stereocenters. The van der Waals surface area contributed by atoms with Gasteiger partial charge < -0.3 is 9.47 Å². The Bertz CT molecular complexity index is 649. The smallest absolute Gasteiger partial charge is 0.337 e. The van der Waals surface area contributed by atoms with Crippen molar-refractivity contribution in [1.29, 1.82) is 0 Å². The molecule has 0 aromatic heterocycles. The van der Waals surface area contributed by atoms with E-state index >= 15 is 0 Å². The summed E-state index contributed by atoms with van der Waals surface area (Å²) in [6.07, 6.45) is 0.672. The molecular weight excluding hydrogens is 276 g/mol. The molecule has 0 saturated carbocycles. The minimum atomic E-state index is -0.339. The highest BCUT2D eigenvalue weighted by Gasteiger charge is 2.02. The Morgan fingerprint density at radius 1 is 1.05 bits per heavy atom. The number of rotatable bonds is 5. The van der Waals surface area contributed by atoms with Crippen molar-refractivity contribution in [1.82, 2.24) is 0 Å². The number of carbonyl (C=O) groups is 1. The topological polar surface area (TPSA) is 35.5 Å². The fourth-order valence-electron chi connectivity index (χ4n) is 1.86. The summed E-state index contributed by atoms with van der Waals surface area (Å²) in [6, 6.07) is 17.1. The molecule has 0 aliphatic carbocycles. The number of esters is 1. The summed E-state index contributed by atoms with van der Waals surface area (Å²) in [4.78, 5) is 11.3. The van der Waals surface area contributed by atoms with Gasteiger partial charge in [0, 0.05) is 12.0 Å². The lowest BCUT2D eigenvalue weighted by Gasteiger charge is -2.01. The Kier molecular flexibility index (Phi) is 6.22. The van der Waals surface area contributed by atoms with Crippen LogP contribution in [0.25, 0.3) is 0 Å². The van der Waals surface area contributed by atoms with E-state index < -0.39 is 0 Å². The molecule has 22 heavy (non-hydrogen) atoms. The van der Waals surface area contributed by atoms with Crippen LogP contribution in [0.15, 0.2) is 54.6 Å². The van der Waals surface area contributed by atoms with Gasteiger partial charge in [-0.2, -0.15) is 0 Å². The third kappa shape index (κ3) is 5.08. The van der Waals surface area contributed by atoms with E-state index in [0.717, 1.165) is 11.1 Å². The largest absolute Gasteiger partial charge is 0.465 e. The van der Waals surface area contributed by atoms with E-state index in [1.807, 2.05) is 42.5 Å². The van der Waals surface area contributed by atoms with Crippen molar-refractivity contribution in [3.63, 3.8) is 0 Å². The summed E-state index contributed by atoms with van der Waals surface area (Å²) in [5, 5.41) is 0. The van der Waals surface area contributed by atoms with Gasteiger partial charge >= 0.3 is 5.97 Å². The number of carbonyl (C=O) groups excluding carboxylic acids is 1. The van der Waals surface area contributed by atoms with E-state index in [1.54, 1.807) is 12.1 Å². The van der Waals surface area contributed by atoms with E-state index in [9.17, 15) is 4.79 Å². The van der Waals surface area contributed by atoms with Crippen LogP contribution < -0.4 is 0 Å². The molecule has 0 aliphatic heterocycles. The Morgan fingerprint density at radius 2 is 1.77 bits per heavy atom. The maximum absolute atomic E-state index is 11.3. The van der Waals surface area contributed by atoms with Crippen LogP contribution in [0.3, 0.4) is 0 Å². The van der Waals surface area contributed by atoms with Gasteiger partial charge in [-0.3, -0.25) is 0 Å². The quantitative estimate of drug-likeness (QED) is 0.481. The van der Waals surface area contributed by atoms with Crippen molar-refractivity contribution < 1.29 is 14.3 Å². The Hall–Kier alpha value is -2.57. The minimum Gasteiger partial charge on any atom is -0.465 e. The predicted molar refractivity (Wildman–Crippen MR) is 85.4 cm³/mol. The van der Waals surface area contributed by atoms with E-state index in [1.165, 1.54) is 7.11 Å². The second-order valence-electron chi connectivity index (χ2n) is 4.66. The van der Waals surface area contributed by atoms with Crippen LogP contribution in [0.1, 0.15) is 27.9 Å². The number of ether oxygens (including phenoxy) is 2. The third-order valence-corrected chi connectivity index (χ3v) is 3.02. The van der Waals surface area contributed by atoms with Gasteiger partial charge in [0.15, 0.2) is 0 Å². The molecule has 0 saturated heterocycles. The van der Waals surface area contributed by atoms with Crippen LogP contribution in [-0.4, -0.2) is 19.7 Å². The maximum atomic E-state index is 11.3. The molecule has 2 aromatic carbocycles. The van der Waals surface area contributed by atoms with Gasteiger partial charge in [0.1, 0.15) is 0 Å². The summed E-state index contributed by atoms with van der Waals surface area (Å²) in [5.74, 6) is 5.77. The maximum Gasteiger partial charge on any atom is 0.337 e. The lowest BCUT2D eigenvalue weighted by atomic mass is 10.1. The number of methoxy groups -OCH3 is 1. The molecule has 0 spiro atoms. The Labute approximate surface area is 130 Å². The monoisotopic (exact) mass is 294 g/mol. The van der Waals surface area contributed by atoms with E-state index in [4.69, 9.17) is 4.74 Å². The molecule has 2 rings (SSSR count). The average Bonchev–Trinajstić information content (AvgIpc) is 2.58. The molecule has 0 radical (unpaired) electrons. The normalized spacial score (nSPS) is 9.68. The van der Waals surface area contributed by atoms with E-state index in [2.05, 4.69) is 16.6 Å². The van der Waals surface area contributed by atoms with Crippen molar-refractivity contribution in [3.8, 4) is 11.8 Å². The molecule has 0 heterocycles. The first-order valence-electron chi connectivity index (χ1n) is 7.08. The fraction of sp³-hybridized carbons (Fsp3) is 0.211. The first-order chi connectivity index (χ1) is 10.8. The van der Waals surface area contributed by atoms with Gasteiger partial charge in [0.25, 0.3) is 0 Å². The van der Waals surface area contributed by atoms with Gasteiger partial charge in [-0.15, -0.1) is 0 Å². The second-order valence-corrected chi connectivity index (χ2v) is 4.66. The zero-order valence-electron chi connectivity index (χ0n) is 12.5. The number of hydrogen-bond acceptors (Lipinski definition) is 3. The minimum absolute atomic E-state index is 0.339. The molecule has 2 aromatic rings. The highest BCUT2D eigenvalue weighted by Crippen LogP contribution is 2.05. The van der Waals surface area contributed by atoms with E-state index in [0.29, 0.717) is 25.2 Å². The Morgan fingerprint density at radius 3 is 2.45 bits per heavy atom. The summed E-state index contributed by atoms with van der Waals surface area (Å²) in [5.41, 5.74) is 2.56. The fourth-order valence-corrected chi connectivity index (χ4v) is 1.86. The molecule has 3 nitrogen and oxygen atoms in total. The van der Waals surface area contributed by atoms with Crippen molar-refractivity contribution in [2.24, 2.45) is 0 Å². The van der Waals surface area contributed by atoms with Crippen molar-refractivity contribution in [2.75, 3.05) is 13.7 Å². The zero-order valence-corrected chi connectivity index (χ0v) is 12.5. The summed E-state index contributed by atoms with van der Waals surface area (Å²) < 4.78 is 10.2. The van der Waals surface area contributed by atoms with Gasteiger partial charge in [0.05, 0.1) is 25.9 Å². The van der Waals surface area contributed by atoms with Crippen LogP contribution in [0.2, 0.25) is 0 Å². The summed E-state index contributed by atoms with van der Waals surface area (Å²) in [7, 11) is 1.37. The van der Waals surface area contributed by atoms with Crippen LogP contribution in [0.5, 0.6) is 0 Å². The van der Waals surface area contributed by atoms with Gasteiger partial charge in [-0.1, -0.05) is 42.2 Å². The SMILES string of the molecule is COC(=O)c1ccc(C#CCCOCc2ccccc2)cc1. The molecule has 3 heteroatoms. The molecule has 0 N–H and O–H groups in total. The van der Waals surface area contributed by atoms with Crippen LogP contribution in [-0.2, 0) is 16.1 Å². The molecular formula is C19H18O3. The summed E-state index contributed by atoms with van der Waals surface area (Å²) >= 11 is 0. The molecule has 0 unspecified atom stereocenters. The number of benzene rings is 2. The van der Waals surface area contributed by atoms with Crippen molar-refractivity contribution in [3.05, 3.63) is 71.3 Å². The molecule has 0 amide bonds. The first-order valence-corrected chi connectivity index (χ1v) is 7.08. The highest BCUT2D eigenvalue weighted by molar-refractivity contribution is 5.89. The third-order valence-electron chi connectivity index (χ3n) is 3.02.